The van der Waals surface area contributed by atoms with Gasteiger partial charge in [0.05, 0.1) is 5.69 Å². The van der Waals surface area contributed by atoms with Gasteiger partial charge in [-0.05, 0) is 60.9 Å². The molecule has 1 rings (SSSR count). The first-order chi connectivity index (χ1) is 8.63. The molecule has 1 unspecified atom stereocenters. The molecule has 0 radical (unpaired) electrons. The second-order valence-corrected chi connectivity index (χ2v) is 5.51. The Morgan fingerprint density at radius 3 is 2.56 bits per heavy atom. The van der Waals surface area contributed by atoms with Crippen LogP contribution in [0, 0.1) is 0 Å². The highest BCUT2D eigenvalue weighted by atomic mass is 79.9. The molecule has 0 aliphatic heterocycles. The molecular weight excluding hydrogens is 288 g/mol. The van der Waals surface area contributed by atoms with Gasteiger partial charge in [-0.2, -0.15) is 0 Å². The molecule has 1 atom stereocenters. The van der Waals surface area contributed by atoms with E-state index in [-0.39, 0.29) is 0 Å². The fourth-order valence-electron chi connectivity index (χ4n) is 2.01. The zero-order chi connectivity index (χ0) is 13.5. The lowest BCUT2D eigenvalue weighted by Gasteiger charge is -2.25. The first-order valence-electron chi connectivity index (χ1n) is 6.85. The second-order valence-electron chi connectivity index (χ2n) is 4.65. The predicted octanol–water partition coefficient (Wildman–Crippen LogP) is 4.36. The molecule has 1 aromatic rings. The lowest BCUT2D eigenvalue weighted by molar-refractivity contribution is 0.651. The Morgan fingerprint density at radius 1 is 1.33 bits per heavy atom. The highest BCUT2D eigenvalue weighted by Crippen LogP contribution is 2.29. The Morgan fingerprint density at radius 2 is 2.06 bits per heavy atom. The van der Waals surface area contributed by atoms with Crippen molar-refractivity contribution in [2.24, 2.45) is 0 Å². The molecule has 0 fully saturated rings. The average molecular weight is 313 g/mol. The number of nitrogens with zero attached hydrogens (tertiary/aromatic N) is 1. The van der Waals surface area contributed by atoms with Gasteiger partial charge in [0.2, 0.25) is 0 Å². The molecular formula is C15H25BrN2. The number of hydrogen-bond acceptors (Lipinski definition) is 2. The lowest BCUT2D eigenvalue weighted by atomic mass is 10.1. The number of rotatable bonds is 7. The molecule has 1 aromatic carbocycles. The van der Waals surface area contributed by atoms with E-state index < -0.39 is 0 Å². The number of halogens is 1. The van der Waals surface area contributed by atoms with Crippen LogP contribution in [0.15, 0.2) is 22.7 Å². The van der Waals surface area contributed by atoms with E-state index in [0.29, 0.717) is 6.04 Å². The summed E-state index contributed by atoms with van der Waals surface area (Å²) in [5, 5.41) is 3.27. The summed E-state index contributed by atoms with van der Waals surface area (Å²) in [7, 11) is 1.99. The highest BCUT2D eigenvalue weighted by Gasteiger charge is 2.10. The van der Waals surface area contributed by atoms with Crippen molar-refractivity contribution < 1.29 is 0 Å². The predicted molar refractivity (Wildman–Crippen MR) is 84.4 cm³/mol. The van der Waals surface area contributed by atoms with Gasteiger partial charge >= 0.3 is 0 Å². The fraction of sp³-hybridized carbons (Fsp3) is 0.600. The maximum atomic E-state index is 3.71. The number of anilines is 1. The molecule has 18 heavy (non-hydrogen) atoms. The summed E-state index contributed by atoms with van der Waals surface area (Å²) in [6, 6.07) is 7.06. The molecule has 0 aliphatic rings. The van der Waals surface area contributed by atoms with Gasteiger partial charge in [0, 0.05) is 23.6 Å². The molecule has 0 aliphatic carbocycles. The normalized spacial score (nSPS) is 12.5. The largest absolute Gasteiger partial charge is 0.371 e. The van der Waals surface area contributed by atoms with Gasteiger partial charge < -0.3 is 10.2 Å². The third-order valence-corrected chi connectivity index (χ3v) is 4.04. The average Bonchev–Trinajstić information content (AvgIpc) is 2.40. The van der Waals surface area contributed by atoms with Crippen molar-refractivity contribution in [3.8, 4) is 0 Å². The van der Waals surface area contributed by atoms with Gasteiger partial charge in [-0.15, -0.1) is 0 Å². The maximum absolute atomic E-state index is 3.71. The number of hydrogen-bond donors (Lipinski definition) is 1. The smallest absolute Gasteiger partial charge is 0.0510 e. The van der Waals surface area contributed by atoms with E-state index in [9.17, 15) is 0 Å². The Bertz CT molecular complexity index is 366. The minimum Gasteiger partial charge on any atom is -0.371 e. The molecule has 102 valence electrons. The Kier molecular flexibility index (Phi) is 6.72. The molecule has 0 saturated heterocycles. The molecule has 3 heteroatoms. The van der Waals surface area contributed by atoms with E-state index in [0.717, 1.165) is 13.1 Å². The van der Waals surface area contributed by atoms with Gasteiger partial charge in [-0.3, -0.25) is 0 Å². The van der Waals surface area contributed by atoms with E-state index in [1.165, 1.54) is 28.6 Å². The highest BCUT2D eigenvalue weighted by molar-refractivity contribution is 9.10. The molecule has 1 N–H and O–H groups in total. The van der Waals surface area contributed by atoms with Crippen LogP contribution in [-0.2, 0) is 0 Å². The van der Waals surface area contributed by atoms with Crippen LogP contribution in [0.2, 0.25) is 0 Å². The molecule has 2 nitrogen and oxygen atoms in total. The standard InChI is InChI=1S/C15H25BrN2/c1-5-7-10-18(6-2)15-9-8-13(11-14(15)16)12(3)17-4/h8-9,11-12,17H,5-7,10H2,1-4H3. The van der Waals surface area contributed by atoms with Crippen molar-refractivity contribution in [2.75, 3.05) is 25.0 Å². The first kappa shape index (κ1) is 15.5. The molecule has 0 bridgehead atoms. The third-order valence-electron chi connectivity index (χ3n) is 3.41. The van der Waals surface area contributed by atoms with Crippen LogP contribution in [0.3, 0.4) is 0 Å². The van der Waals surface area contributed by atoms with E-state index in [1.54, 1.807) is 0 Å². The number of benzene rings is 1. The van der Waals surface area contributed by atoms with Gasteiger partial charge in [0.25, 0.3) is 0 Å². The van der Waals surface area contributed by atoms with Crippen molar-refractivity contribution >= 4 is 21.6 Å². The zero-order valence-corrected chi connectivity index (χ0v) is 13.5. The Hall–Kier alpha value is -0.540. The number of nitrogens with one attached hydrogen (secondary N) is 1. The molecule has 0 aromatic heterocycles. The van der Waals surface area contributed by atoms with Crippen molar-refractivity contribution in [3.05, 3.63) is 28.2 Å². The summed E-state index contributed by atoms with van der Waals surface area (Å²) in [5.74, 6) is 0. The van der Waals surface area contributed by atoms with E-state index in [1.807, 2.05) is 7.05 Å². The van der Waals surface area contributed by atoms with Crippen molar-refractivity contribution in [2.45, 2.75) is 39.7 Å². The van der Waals surface area contributed by atoms with Gasteiger partial charge in [0.1, 0.15) is 0 Å². The topological polar surface area (TPSA) is 15.3 Å². The number of unbranched alkanes of at least 4 members (excludes halogenated alkanes) is 1. The van der Waals surface area contributed by atoms with Crippen LogP contribution in [0.5, 0.6) is 0 Å². The summed E-state index contributed by atoms with van der Waals surface area (Å²) < 4.78 is 1.19. The van der Waals surface area contributed by atoms with E-state index in [2.05, 4.69) is 65.1 Å². The summed E-state index contributed by atoms with van der Waals surface area (Å²) in [5.41, 5.74) is 2.62. The maximum Gasteiger partial charge on any atom is 0.0510 e. The van der Waals surface area contributed by atoms with Crippen molar-refractivity contribution in [1.29, 1.82) is 0 Å². The van der Waals surface area contributed by atoms with Crippen LogP contribution < -0.4 is 10.2 Å². The van der Waals surface area contributed by atoms with Crippen LogP contribution in [0.4, 0.5) is 5.69 Å². The fourth-order valence-corrected chi connectivity index (χ4v) is 2.66. The third kappa shape index (κ3) is 3.99. The van der Waals surface area contributed by atoms with Crippen LogP contribution in [0.1, 0.15) is 45.2 Å². The summed E-state index contributed by atoms with van der Waals surface area (Å²) in [6.07, 6.45) is 2.48. The Balaban J connectivity index is 2.89. The lowest BCUT2D eigenvalue weighted by Crippen LogP contribution is -2.24. The van der Waals surface area contributed by atoms with Crippen molar-refractivity contribution in [3.63, 3.8) is 0 Å². The molecule has 0 spiro atoms. The van der Waals surface area contributed by atoms with E-state index in [4.69, 9.17) is 0 Å². The monoisotopic (exact) mass is 312 g/mol. The second kappa shape index (κ2) is 7.80. The summed E-state index contributed by atoms with van der Waals surface area (Å²) >= 11 is 3.71. The van der Waals surface area contributed by atoms with Crippen LogP contribution in [-0.4, -0.2) is 20.1 Å². The summed E-state index contributed by atoms with van der Waals surface area (Å²) in [6.45, 7) is 8.81. The van der Waals surface area contributed by atoms with Gasteiger partial charge in [-0.1, -0.05) is 19.4 Å². The van der Waals surface area contributed by atoms with Crippen LogP contribution >= 0.6 is 15.9 Å². The van der Waals surface area contributed by atoms with Gasteiger partial charge in [0.15, 0.2) is 0 Å². The molecule has 0 saturated carbocycles. The molecule has 0 amide bonds. The molecule has 0 heterocycles. The van der Waals surface area contributed by atoms with E-state index >= 15 is 0 Å². The Labute approximate surface area is 120 Å². The quantitative estimate of drug-likeness (QED) is 0.805. The minimum atomic E-state index is 0.390. The van der Waals surface area contributed by atoms with Gasteiger partial charge in [-0.25, -0.2) is 0 Å². The SMILES string of the molecule is CCCCN(CC)c1ccc(C(C)NC)cc1Br. The van der Waals surface area contributed by atoms with Crippen molar-refractivity contribution in [1.82, 2.24) is 5.32 Å². The van der Waals surface area contributed by atoms with Crippen LogP contribution in [0.25, 0.3) is 0 Å². The zero-order valence-electron chi connectivity index (χ0n) is 12.0. The summed E-state index contributed by atoms with van der Waals surface area (Å²) in [4.78, 5) is 2.43. The minimum absolute atomic E-state index is 0.390. The first-order valence-corrected chi connectivity index (χ1v) is 7.64.